The summed E-state index contributed by atoms with van der Waals surface area (Å²) >= 11 is 0. The number of hydrogen-bond donors (Lipinski definition) is 0. The molecular formula is C25H26O. The number of hydrogen-bond acceptors (Lipinski definition) is 1. The van der Waals surface area contributed by atoms with E-state index in [2.05, 4.69) is 85.8 Å². The normalized spacial score (nSPS) is 12.2. The van der Waals surface area contributed by atoms with Crippen molar-refractivity contribution in [1.82, 2.24) is 0 Å². The molecule has 0 heterocycles. The lowest BCUT2D eigenvalue weighted by Gasteiger charge is -2.12. The summed E-state index contributed by atoms with van der Waals surface area (Å²) in [6, 6.07) is 27.7. The Balaban J connectivity index is 1.60. The topological polar surface area (TPSA) is 9.23 Å². The van der Waals surface area contributed by atoms with Crippen molar-refractivity contribution in [3.05, 3.63) is 101 Å². The van der Waals surface area contributed by atoms with Crippen molar-refractivity contribution in [2.24, 2.45) is 0 Å². The fourth-order valence-corrected chi connectivity index (χ4v) is 3.05. The second-order valence-electron chi connectivity index (χ2n) is 6.59. The zero-order chi connectivity index (χ0) is 18.2. The molecule has 0 aliphatic heterocycles. The van der Waals surface area contributed by atoms with E-state index in [0.29, 0.717) is 12.5 Å². The highest BCUT2D eigenvalue weighted by atomic mass is 16.5. The summed E-state index contributed by atoms with van der Waals surface area (Å²) in [6.45, 7) is 4.98. The van der Waals surface area contributed by atoms with Crippen molar-refractivity contribution in [3.63, 3.8) is 0 Å². The maximum Gasteiger partial charge on any atom is 0.119 e. The highest BCUT2D eigenvalue weighted by molar-refractivity contribution is 5.69. The molecule has 1 atom stereocenters. The molecule has 0 aliphatic rings. The molecule has 0 bridgehead atoms. The van der Waals surface area contributed by atoms with Crippen LogP contribution in [-0.2, 0) is 6.42 Å². The van der Waals surface area contributed by atoms with E-state index in [1.165, 1.54) is 22.3 Å². The van der Waals surface area contributed by atoms with Crippen molar-refractivity contribution >= 4 is 12.2 Å². The summed E-state index contributed by atoms with van der Waals surface area (Å²) in [5.74, 6) is 1.45. The van der Waals surface area contributed by atoms with Gasteiger partial charge in [-0.05, 0) is 53.6 Å². The highest BCUT2D eigenvalue weighted by Crippen LogP contribution is 2.21. The van der Waals surface area contributed by atoms with Gasteiger partial charge in [-0.3, -0.25) is 0 Å². The van der Waals surface area contributed by atoms with Crippen LogP contribution in [0.5, 0.6) is 5.75 Å². The van der Waals surface area contributed by atoms with Crippen molar-refractivity contribution in [3.8, 4) is 5.75 Å². The Hall–Kier alpha value is -2.80. The first kappa shape index (κ1) is 18.0. The third kappa shape index (κ3) is 5.10. The maximum absolute atomic E-state index is 5.48. The fraction of sp³-hybridized carbons (Fsp3) is 0.200. The van der Waals surface area contributed by atoms with Crippen molar-refractivity contribution in [2.75, 3.05) is 6.61 Å². The molecule has 0 unspecified atom stereocenters. The van der Waals surface area contributed by atoms with Gasteiger partial charge in [0, 0.05) is 0 Å². The average Bonchev–Trinajstić information content (AvgIpc) is 2.69. The Kier molecular flexibility index (Phi) is 6.27. The summed E-state index contributed by atoms with van der Waals surface area (Å²) in [5, 5.41) is 0. The zero-order valence-corrected chi connectivity index (χ0v) is 15.6. The molecule has 132 valence electrons. The predicted octanol–water partition coefficient (Wildman–Crippen LogP) is 6.60. The second-order valence-corrected chi connectivity index (χ2v) is 6.59. The second kappa shape index (κ2) is 9.05. The zero-order valence-electron chi connectivity index (χ0n) is 15.6. The Morgan fingerprint density at radius 3 is 1.92 bits per heavy atom. The predicted molar refractivity (Wildman–Crippen MR) is 112 cm³/mol. The van der Waals surface area contributed by atoms with Crippen LogP contribution in [0.15, 0.2) is 78.9 Å². The van der Waals surface area contributed by atoms with E-state index in [4.69, 9.17) is 4.74 Å². The maximum atomic E-state index is 5.48. The van der Waals surface area contributed by atoms with Gasteiger partial charge in [-0.2, -0.15) is 0 Å². The first-order valence-corrected chi connectivity index (χ1v) is 9.29. The van der Waals surface area contributed by atoms with Gasteiger partial charge in [0.1, 0.15) is 5.75 Å². The van der Waals surface area contributed by atoms with Gasteiger partial charge in [-0.15, -0.1) is 0 Å². The molecule has 0 amide bonds. The SMILES string of the molecule is CCOc1ccc(C=Cc2ccc(C[C@H](C)c3ccccc3)cc2)cc1. The van der Waals surface area contributed by atoms with Crippen LogP contribution in [-0.4, -0.2) is 6.61 Å². The third-order valence-corrected chi connectivity index (χ3v) is 4.55. The molecule has 0 N–H and O–H groups in total. The minimum Gasteiger partial charge on any atom is -0.494 e. The van der Waals surface area contributed by atoms with Crippen LogP contribution >= 0.6 is 0 Å². The Labute approximate surface area is 157 Å². The number of benzene rings is 3. The van der Waals surface area contributed by atoms with E-state index in [9.17, 15) is 0 Å². The molecule has 3 aromatic carbocycles. The first-order valence-electron chi connectivity index (χ1n) is 9.29. The monoisotopic (exact) mass is 342 g/mol. The van der Waals surface area contributed by atoms with Crippen LogP contribution in [0.4, 0.5) is 0 Å². The van der Waals surface area contributed by atoms with E-state index in [0.717, 1.165) is 12.2 Å². The van der Waals surface area contributed by atoms with E-state index in [-0.39, 0.29) is 0 Å². The van der Waals surface area contributed by atoms with Crippen LogP contribution in [0.2, 0.25) is 0 Å². The van der Waals surface area contributed by atoms with Gasteiger partial charge < -0.3 is 4.74 Å². The van der Waals surface area contributed by atoms with Gasteiger partial charge in [-0.25, -0.2) is 0 Å². The van der Waals surface area contributed by atoms with E-state index in [1.54, 1.807) is 0 Å². The standard InChI is InChI=1S/C25H26O/c1-3-26-25-17-15-22(16-18-25)10-9-21-11-13-23(14-12-21)19-20(2)24-7-5-4-6-8-24/h4-18,20H,3,19H2,1-2H3/t20-/m0/s1. The molecule has 0 saturated heterocycles. The van der Waals surface area contributed by atoms with Crippen molar-refractivity contribution in [2.45, 2.75) is 26.2 Å². The first-order chi connectivity index (χ1) is 12.7. The molecule has 1 heteroatoms. The lowest BCUT2D eigenvalue weighted by Crippen LogP contribution is -1.98. The quantitative estimate of drug-likeness (QED) is 0.439. The fourth-order valence-electron chi connectivity index (χ4n) is 3.05. The van der Waals surface area contributed by atoms with Gasteiger partial charge in [0.2, 0.25) is 0 Å². The summed E-state index contributed by atoms with van der Waals surface area (Å²) in [5.41, 5.74) is 5.16. The summed E-state index contributed by atoms with van der Waals surface area (Å²) in [4.78, 5) is 0. The van der Waals surface area contributed by atoms with E-state index < -0.39 is 0 Å². The van der Waals surface area contributed by atoms with Gasteiger partial charge in [-0.1, -0.05) is 85.8 Å². The minimum atomic E-state index is 0.529. The van der Waals surface area contributed by atoms with Crippen LogP contribution in [0.1, 0.15) is 42.0 Å². The van der Waals surface area contributed by atoms with Crippen molar-refractivity contribution < 1.29 is 4.74 Å². The molecule has 26 heavy (non-hydrogen) atoms. The third-order valence-electron chi connectivity index (χ3n) is 4.55. The molecule has 0 spiro atoms. The van der Waals surface area contributed by atoms with Gasteiger partial charge in [0.05, 0.1) is 6.61 Å². The molecule has 3 aromatic rings. The smallest absolute Gasteiger partial charge is 0.119 e. The molecular weight excluding hydrogens is 316 g/mol. The highest BCUT2D eigenvalue weighted by Gasteiger charge is 2.05. The Morgan fingerprint density at radius 1 is 0.769 bits per heavy atom. The van der Waals surface area contributed by atoms with Crippen LogP contribution in [0.25, 0.3) is 12.2 Å². The van der Waals surface area contributed by atoms with Crippen LogP contribution < -0.4 is 4.74 Å². The number of rotatable bonds is 7. The molecule has 3 rings (SSSR count). The van der Waals surface area contributed by atoms with Crippen LogP contribution in [0.3, 0.4) is 0 Å². The van der Waals surface area contributed by atoms with Gasteiger partial charge >= 0.3 is 0 Å². The minimum absolute atomic E-state index is 0.529. The molecule has 0 radical (unpaired) electrons. The van der Waals surface area contributed by atoms with Crippen LogP contribution in [0, 0.1) is 0 Å². The van der Waals surface area contributed by atoms with E-state index >= 15 is 0 Å². The summed E-state index contributed by atoms with van der Waals surface area (Å²) in [7, 11) is 0. The Bertz CT molecular complexity index is 814. The molecule has 1 nitrogen and oxygen atoms in total. The van der Waals surface area contributed by atoms with Gasteiger partial charge in [0.15, 0.2) is 0 Å². The molecule has 0 fully saturated rings. The van der Waals surface area contributed by atoms with E-state index in [1.807, 2.05) is 19.1 Å². The lowest BCUT2D eigenvalue weighted by molar-refractivity contribution is 0.340. The summed E-state index contributed by atoms with van der Waals surface area (Å²) < 4.78 is 5.48. The molecule has 0 aliphatic carbocycles. The molecule has 0 saturated carbocycles. The summed E-state index contributed by atoms with van der Waals surface area (Å²) in [6.07, 6.45) is 5.35. The average molecular weight is 342 g/mol. The lowest BCUT2D eigenvalue weighted by atomic mass is 9.93. The van der Waals surface area contributed by atoms with Gasteiger partial charge in [0.25, 0.3) is 0 Å². The number of ether oxygens (including phenoxy) is 1. The Morgan fingerprint density at radius 2 is 1.35 bits per heavy atom. The van der Waals surface area contributed by atoms with Crippen molar-refractivity contribution in [1.29, 1.82) is 0 Å². The largest absolute Gasteiger partial charge is 0.494 e. The molecule has 0 aromatic heterocycles.